The Kier molecular flexibility index (Phi) is 12.4. The number of ether oxygens (including phenoxy) is 3. The highest BCUT2D eigenvalue weighted by Gasteiger charge is 2.24. The number of rotatable bonds is 12. The molecular weight excluding hydrogens is 426 g/mol. The van der Waals surface area contributed by atoms with Crippen molar-refractivity contribution < 1.29 is 28.6 Å². The van der Waals surface area contributed by atoms with E-state index in [2.05, 4.69) is 16.7 Å². The van der Waals surface area contributed by atoms with Gasteiger partial charge >= 0.3 is 18.2 Å². The van der Waals surface area contributed by atoms with Crippen molar-refractivity contribution in [2.24, 2.45) is 0 Å². The maximum Gasteiger partial charge on any atom is 0.408 e. The predicted molar refractivity (Wildman–Crippen MR) is 122 cm³/mol. The number of nitrogens with zero attached hydrogens (tertiary/aromatic N) is 1. The van der Waals surface area contributed by atoms with E-state index in [1.54, 1.807) is 20.8 Å². The third kappa shape index (κ3) is 13.0. The van der Waals surface area contributed by atoms with Crippen LogP contribution in [0.4, 0.5) is 9.59 Å². The molecule has 2 N–H and O–H groups in total. The van der Waals surface area contributed by atoms with E-state index in [1.807, 2.05) is 30.3 Å². The number of carbonyl (C=O) groups excluding carboxylic acids is 3. The van der Waals surface area contributed by atoms with E-state index in [-0.39, 0.29) is 12.6 Å². The fraction of sp³-hybridized carbons (Fsp3) is 0.583. The standard InChI is InChI=1S/C24H35N3O6/c1-24(2,3)33-23(30)26-19(13-8-9-16-25)14-10-15-20(21(28)31-4)27-22(29)32-17-18-11-6-5-7-12-18/h5-7,11-12,19-20H,8-10,13-15,17H2,1-4H3,(H,26,30)(H,27,29)/t19-,20-/m0/s1. The highest BCUT2D eigenvalue weighted by atomic mass is 16.6. The van der Waals surface area contributed by atoms with Crippen molar-refractivity contribution in [3.8, 4) is 6.07 Å². The van der Waals surface area contributed by atoms with E-state index in [9.17, 15) is 14.4 Å². The molecule has 0 saturated carbocycles. The van der Waals surface area contributed by atoms with Crippen LogP contribution < -0.4 is 10.6 Å². The molecule has 2 amide bonds. The number of alkyl carbamates (subject to hydrolysis) is 2. The second kappa shape index (κ2) is 14.7. The van der Waals surface area contributed by atoms with Crippen LogP contribution in [0.1, 0.15) is 64.9 Å². The van der Waals surface area contributed by atoms with Gasteiger partial charge in [-0.15, -0.1) is 0 Å². The van der Waals surface area contributed by atoms with Gasteiger partial charge in [0.05, 0.1) is 13.2 Å². The zero-order chi connectivity index (χ0) is 24.7. The summed E-state index contributed by atoms with van der Waals surface area (Å²) < 4.78 is 15.3. The molecule has 0 heterocycles. The summed E-state index contributed by atoms with van der Waals surface area (Å²) in [5.41, 5.74) is 0.206. The van der Waals surface area contributed by atoms with Gasteiger partial charge < -0.3 is 24.8 Å². The first-order valence-corrected chi connectivity index (χ1v) is 11.1. The van der Waals surface area contributed by atoms with E-state index in [1.165, 1.54) is 7.11 Å². The molecule has 0 spiro atoms. The van der Waals surface area contributed by atoms with Crippen molar-refractivity contribution in [1.29, 1.82) is 5.26 Å². The van der Waals surface area contributed by atoms with E-state index in [4.69, 9.17) is 19.5 Å². The van der Waals surface area contributed by atoms with Crippen molar-refractivity contribution in [3.63, 3.8) is 0 Å². The van der Waals surface area contributed by atoms with Crippen LogP contribution in [-0.4, -0.2) is 43.0 Å². The van der Waals surface area contributed by atoms with E-state index in [0.29, 0.717) is 38.5 Å². The number of carbonyl (C=O) groups is 3. The third-order valence-corrected chi connectivity index (χ3v) is 4.60. The van der Waals surface area contributed by atoms with Crippen LogP contribution in [-0.2, 0) is 25.6 Å². The Labute approximate surface area is 195 Å². The lowest BCUT2D eigenvalue weighted by atomic mass is 10.0. The Balaban J connectivity index is 2.59. The lowest BCUT2D eigenvalue weighted by Crippen LogP contribution is -2.42. The quantitative estimate of drug-likeness (QED) is 0.271. The SMILES string of the molecule is COC(=O)[C@H](CCC[C@H](CCCC#N)NC(=O)OC(C)(C)C)NC(=O)OCc1ccccc1. The Hall–Kier alpha value is -3.28. The van der Waals surface area contributed by atoms with Crippen molar-refractivity contribution in [3.05, 3.63) is 35.9 Å². The normalized spacial score (nSPS) is 12.6. The number of hydrogen-bond acceptors (Lipinski definition) is 7. The summed E-state index contributed by atoms with van der Waals surface area (Å²) in [4.78, 5) is 36.4. The van der Waals surface area contributed by atoms with Gasteiger partial charge in [0.2, 0.25) is 0 Å². The molecule has 0 aliphatic heterocycles. The topological polar surface area (TPSA) is 127 Å². The van der Waals surface area contributed by atoms with E-state index < -0.39 is 29.8 Å². The molecule has 0 unspecified atom stereocenters. The van der Waals surface area contributed by atoms with Gasteiger partial charge in [0.1, 0.15) is 18.2 Å². The van der Waals surface area contributed by atoms with Crippen LogP contribution in [0.25, 0.3) is 0 Å². The fourth-order valence-electron chi connectivity index (χ4n) is 3.06. The molecule has 0 radical (unpaired) electrons. The number of unbranched alkanes of at least 4 members (excludes halogenated alkanes) is 1. The molecule has 2 atom stereocenters. The number of nitrogens with one attached hydrogen (secondary N) is 2. The Morgan fingerprint density at radius 2 is 1.67 bits per heavy atom. The molecule has 0 aromatic heterocycles. The van der Waals surface area contributed by atoms with Gasteiger partial charge in [0, 0.05) is 12.5 Å². The van der Waals surface area contributed by atoms with Gasteiger partial charge in [0.25, 0.3) is 0 Å². The summed E-state index contributed by atoms with van der Waals surface area (Å²) >= 11 is 0. The van der Waals surface area contributed by atoms with Crippen LogP contribution in [0.2, 0.25) is 0 Å². The summed E-state index contributed by atoms with van der Waals surface area (Å²) in [5, 5.41) is 14.2. The molecule has 1 aromatic carbocycles. The highest BCUT2D eigenvalue weighted by Crippen LogP contribution is 2.13. The zero-order valence-corrected chi connectivity index (χ0v) is 19.9. The van der Waals surface area contributed by atoms with Crippen LogP contribution in [0, 0.1) is 11.3 Å². The van der Waals surface area contributed by atoms with Crippen LogP contribution in [0.15, 0.2) is 30.3 Å². The zero-order valence-electron chi connectivity index (χ0n) is 19.9. The van der Waals surface area contributed by atoms with E-state index in [0.717, 1.165) is 5.56 Å². The summed E-state index contributed by atoms with van der Waals surface area (Å²) in [6.07, 6.45) is 1.72. The molecule has 0 bridgehead atoms. The maximum absolute atomic E-state index is 12.2. The molecular formula is C24H35N3O6. The van der Waals surface area contributed by atoms with Gasteiger partial charge in [0.15, 0.2) is 0 Å². The highest BCUT2D eigenvalue weighted by molar-refractivity contribution is 5.81. The lowest BCUT2D eigenvalue weighted by molar-refractivity contribution is -0.143. The van der Waals surface area contributed by atoms with Gasteiger partial charge in [-0.25, -0.2) is 14.4 Å². The van der Waals surface area contributed by atoms with E-state index >= 15 is 0 Å². The largest absolute Gasteiger partial charge is 0.467 e. The number of amides is 2. The Morgan fingerprint density at radius 1 is 1.00 bits per heavy atom. The summed E-state index contributed by atoms with van der Waals surface area (Å²) in [6.45, 7) is 5.42. The first kappa shape index (κ1) is 27.8. The first-order valence-electron chi connectivity index (χ1n) is 11.1. The van der Waals surface area contributed by atoms with Crippen LogP contribution >= 0.6 is 0 Å². The van der Waals surface area contributed by atoms with Gasteiger partial charge in [-0.3, -0.25) is 0 Å². The lowest BCUT2D eigenvalue weighted by Gasteiger charge is -2.24. The van der Waals surface area contributed by atoms with Gasteiger partial charge in [-0.1, -0.05) is 30.3 Å². The number of benzene rings is 1. The average molecular weight is 462 g/mol. The average Bonchev–Trinajstić information content (AvgIpc) is 2.75. The first-order chi connectivity index (χ1) is 15.6. The van der Waals surface area contributed by atoms with Crippen molar-refractivity contribution in [2.75, 3.05) is 7.11 Å². The number of hydrogen-bond donors (Lipinski definition) is 2. The predicted octanol–water partition coefficient (Wildman–Crippen LogP) is 4.21. The van der Waals surface area contributed by atoms with Gasteiger partial charge in [-0.2, -0.15) is 5.26 Å². The minimum absolute atomic E-state index is 0.0847. The molecule has 9 heteroatoms. The van der Waals surface area contributed by atoms with Crippen LogP contribution in [0.5, 0.6) is 0 Å². The molecule has 1 rings (SSSR count). The molecule has 33 heavy (non-hydrogen) atoms. The van der Waals surface area contributed by atoms with Gasteiger partial charge in [-0.05, 0) is 58.4 Å². The number of esters is 1. The minimum atomic E-state index is -0.875. The molecule has 0 aliphatic rings. The molecule has 0 saturated heterocycles. The minimum Gasteiger partial charge on any atom is -0.467 e. The fourth-order valence-corrected chi connectivity index (χ4v) is 3.06. The smallest absolute Gasteiger partial charge is 0.408 e. The second-order valence-electron chi connectivity index (χ2n) is 8.61. The summed E-state index contributed by atoms with van der Waals surface area (Å²) in [7, 11) is 1.25. The Bertz CT molecular complexity index is 786. The molecule has 0 aliphatic carbocycles. The molecule has 0 fully saturated rings. The molecule has 1 aromatic rings. The van der Waals surface area contributed by atoms with Crippen LogP contribution in [0.3, 0.4) is 0 Å². The monoisotopic (exact) mass is 461 g/mol. The molecule has 9 nitrogen and oxygen atoms in total. The Morgan fingerprint density at radius 3 is 2.27 bits per heavy atom. The number of methoxy groups -OCH3 is 1. The summed E-state index contributed by atoms with van der Waals surface area (Å²) in [6, 6.07) is 10.2. The molecule has 182 valence electrons. The third-order valence-electron chi connectivity index (χ3n) is 4.60. The second-order valence-corrected chi connectivity index (χ2v) is 8.61. The summed E-state index contributed by atoms with van der Waals surface area (Å²) in [5.74, 6) is -0.576. The van der Waals surface area contributed by atoms with Crippen molar-refractivity contribution in [2.45, 2.75) is 83.6 Å². The van der Waals surface area contributed by atoms with Crippen molar-refractivity contribution in [1.82, 2.24) is 10.6 Å². The van der Waals surface area contributed by atoms with Crippen molar-refractivity contribution >= 4 is 18.2 Å². The maximum atomic E-state index is 12.2. The number of nitriles is 1.